The highest BCUT2D eigenvalue weighted by Gasteiger charge is 2.02. The molecule has 0 saturated carbocycles. The van der Waals surface area contributed by atoms with E-state index in [0.29, 0.717) is 19.8 Å². The third-order valence-corrected chi connectivity index (χ3v) is 2.42. The van der Waals surface area contributed by atoms with Crippen molar-refractivity contribution in [3.05, 3.63) is 42.0 Å². The maximum Gasteiger partial charge on any atom is 0.221 e. The number of carbonyl (C=O) groups is 1. The number of hydrogen-bond donors (Lipinski definition) is 2. The van der Waals surface area contributed by atoms with Crippen LogP contribution in [0.15, 0.2) is 36.4 Å². The third-order valence-electron chi connectivity index (χ3n) is 2.42. The van der Waals surface area contributed by atoms with Gasteiger partial charge in [0.2, 0.25) is 5.91 Å². The van der Waals surface area contributed by atoms with Gasteiger partial charge in [-0.15, -0.1) is 0 Å². The Labute approximate surface area is 114 Å². The third kappa shape index (κ3) is 6.74. The first-order chi connectivity index (χ1) is 9.09. The minimum absolute atomic E-state index is 0.0581. The number of amides is 1. The average Bonchev–Trinajstić information content (AvgIpc) is 2.34. The number of rotatable bonds is 8. The summed E-state index contributed by atoms with van der Waals surface area (Å²) in [5.74, 6) is -0.0581. The number of anilines is 1. The highest BCUT2D eigenvalue weighted by molar-refractivity contribution is 5.89. The van der Waals surface area contributed by atoms with Crippen LogP contribution in [0.4, 0.5) is 5.69 Å². The van der Waals surface area contributed by atoms with Gasteiger partial charge in [0.1, 0.15) is 0 Å². The number of para-hydroxylation sites is 1. The van der Waals surface area contributed by atoms with Crippen molar-refractivity contribution in [2.45, 2.75) is 20.4 Å². The molecule has 1 aromatic rings. The molecule has 0 bridgehead atoms. The molecule has 0 fully saturated rings. The van der Waals surface area contributed by atoms with E-state index in [2.05, 4.69) is 17.2 Å². The topological polar surface area (TPSA) is 50.4 Å². The van der Waals surface area contributed by atoms with Crippen LogP contribution in [0.1, 0.15) is 19.4 Å². The van der Waals surface area contributed by atoms with Crippen LogP contribution in [0.2, 0.25) is 0 Å². The maximum atomic E-state index is 11.1. The molecule has 1 amide bonds. The molecule has 1 aromatic carbocycles. The quantitative estimate of drug-likeness (QED) is 0.558. The number of carbonyl (C=O) groups excluding carboxylic acids is 1. The van der Waals surface area contributed by atoms with Gasteiger partial charge >= 0.3 is 0 Å². The predicted octanol–water partition coefficient (Wildman–Crippen LogP) is 2.33. The van der Waals surface area contributed by atoms with E-state index in [1.54, 1.807) is 0 Å². The molecule has 0 saturated heterocycles. The summed E-state index contributed by atoms with van der Waals surface area (Å²) >= 11 is 0. The maximum absolute atomic E-state index is 11.1. The second-order valence-electron chi connectivity index (χ2n) is 4.52. The Bertz CT molecular complexity index is 430. The summed E-state index contributed by atoms with van der Waals surface area (Å²) in [4.78, 5) is 11.1. The van der Waals surface area contributed by atoms with Gasteiger partial charge in [-0.3, -0.25) is 4.79 Å². The van der Waals surface area contributed by atoms with Crippen LogP contribution in [-0.2, 0) is 16.1 Å². The van der Waals surface area contributed by atoms with E-state index in [9.17, 15) is 4.79 Å². The molecule has 0 radical (unpaired) electrons. The molecular weight excluding hydrogens is 240 g/mol. The van der Waals surface area contributed by atoms with Crippen molar-refractivity contribution >= 4 is 11.6 Å². The Morgan fingerprint density at radius 2 is 2.05 bits per heavy atom. The average molecular weight is 262 g/mol. The van der Waals surface area contributed by atoms with Crippen LogP contribution in [0.5, 0.6) is 0 Å². The molecule has 104 valence electrons. The van der Waals surface area contributed by atoms with Gasteiger partial charge in [-0.2, -0.15) is 0 Å². The summed E-state index contributed by atoms with van der Waals surface area (Å²) in [6.45, 7) is 9.94. The molecule has 0 spiro atoms. The summed E-state index contributed by atoms with van der Waals surface area (Å²) in [5.41, 5.74) is 2.94. The summed E-state index contributed by atoms with van der Waals surface area (Å²) in [7, 11) is 0. The fourth-order valence-corrected chi connectivity index (χ4v) is 1.60. The van der Waals surface area contributed by atoms with E-state index < -0.39 is 0 Å². The Balaban J connectivity index is 2.32. The molecule has 0 aliphatic carbocycles. The fourth-order valence-electron chi connectivity index (χ4n) is 1.60. The number of nitrogens with one attached hydrogen (secondary N) is 2. The Morgan fingerprint density at radius 1 is 1.32 bits per heavy atom. The SMILES string of the molecule is C=C(C)COCCNCc1ccccc1NC(C)=O. The Hall–Kier alpha value is -1.65. The van der Waals surface area contributed by atoms with Crippen molar-refractivity contribution in [3.8, 4) is 0 Å². The predicted molar refractivity (Wildman–Crippen MR) is 78.1 cm³/mol. The van der Waals surface area contributed by atoms with Crippen molar-refractivity contribution in [1.29, 1.82) is 0 Å². The summed E-state index contributed by atoms with van der Waals surface area (Å²) < 4.78 is 5.40. The zero-order valence-electron chi connectivity index (χ0n) is 11.7. The Kier molecular flexibility index (Phi) is 6.85. The molecule has 4 heteroatoms. The van der Waals surface area contributed by atoms with Crippen molar-refractivity contribution in [2.75, 3.05) is 25.1 Å². The number of ether oxygens (including phenoxy) is 1. The lowest BCUT2D eigenvalue weighted by Gasteiger charge is -2.11. The first-order valence-electron chi connectivity index (χ1n) is 6.38. The van der Waals surface area contributed by atoms with Gasteiger partial charge in [-0.05, 0) is 18.6 Å². The minimum atomic E-state index is -0.0581. The molecule has 19 heavy (non-hydrogen) atoms. The van der Waals surface area contributed by atoms with Crippen molar-refractivity contribution < 1.29 is 9.53 Å². The molecule has 0 aliphatic rings. The molecule has 2 N–H and O–H groups in total. The second-order valence-corrected chi connectivity index (χ2v) is 4.52. The fraction of sp³-hybridized carbons (Fsp3) is 0.400. The van der Waals surface area contributed by atoms with Crippen molar-refractivity contribution in [2.24, 2.45) is 0 Å². The van der Waals surface area contributed by atoms with Crippen molar-refractivity contribution in [3.63, 3.8) is 0 Å². The zero-order chi connectivity index (χ0) is 14.1. The van der Waals surface area contributed by atoms with Gasteiger partial charge in [0.25, 0.3) is 0 Å². The van der Waals surface area contributed by atoms with E-state index in [1.165, 1.54) is 6.92 Å². The molecule has 0 unspecified atom stereocenters. The normalized spacial score (nSPS) is 10.2. The summed E-state index contributed by atoms with van der Waals surface area (Å²) in [5, 5.41) is 6.10. The summed E-state index contributed by atoms with van der Waals surface area (Å²) in [6, 6.07) is 7.76. The van der Waals surface area contributed by atoms with E-state index in [1.807, 2.05) is 31.2 Å². The van der Waals surface area contributed by atoms with Gasteiger partial charge in [0.15, 0.2) is 0 Å². The van der Waals surface area contributed by atoms with Crippen LogP contribution in [-0.4, -0.2) is 25.7 Å². The van der Waals surface area contributed by atoms with Gasteiger partial charge < -0.3 is 15.4 Å². The Morgan fingerprint density at radius 3 is 2.74 bits per heavy atom. The van der Waals surface area contributed by atoms with Crippen LogP contribution in [0, 0.1) is 0 Å². The lowest BCUT2D eigenvalue weighted by Crippen LogP contribution is -2.20. The first kappa shape index (κ1) is 15.4. The molecule has 0 heterocycles. The lowest BCUT2D eigenvalue weighted by molar-refractivity contribution is -0.114. The van der Waals surface area contributed by atoms with Crippen LogP contribution in [0.25, 0.3) is 0 Å². The van der Waals surface area contributed by atoms with E-state index in [0.717, 1.165) is 23.4 Å². The summed E-state index contributed by atoms with van der Waals surface area (Å²) in [6.07, 6.45) is 0. The van der Waals surface area contributed by atoms with Gasteiger partial charge in [0.05, 0.1) is 13.2 Å². The smallest absolute Gasteiger partial charge is 0.221 e. The zero-order valence-corrected chi connectivity index (χ0v) is 11.7. The monoisotopic (exact) mass is 262 g/mol. The van der Waals surface area contributed by atoms with Crippen LogP contribution < -0.4 is 10.6 Å². The number of benzene rings is 1. The van der Waals surface area contributed by atoms with E-state index in [-0.39, 0.29) is 5.91 Å². The lowest BCUT2D eigenvalue weighted by atomic mass is 10.1. The first-order valence-corrected chi connectivity index (χ1v) is 6.38. The standard InChI is InChI=1S/C15H22N2O2/c1-12(2)11-19-9-8-16-10-14-6-4-5-7-15(14)17-13(3)18/h4-7,16H,1,8-11H2,2-3H3,(H,17,18). The molecule has 0 aromatic heterocycles. The second kappa shape index (κ2) is 8.45. The highest BCUT2D eigenvalue weighted by atomic mass is 16.5. The minimum Gasteiger partial charge on any atom is -0.376 e. The number of hydrogen-bond acceptors (Lipinski definition) is 3. The van der Waals surface area contributed by atoms with Gasteiger partial charge in [-0.25, -0.2) is 0 Å². The molecule has 0 atom stereocenters. The van der Waals surface area contributed by atoms with Crippen molar-refractivity contribution in [1.82, 2.24) is 5.32 Å². The molecule has 1 rings (SSSR count). The van der Waals surface area contributed by atoms with Gasteiger partial charge in [-0.1, -0.05) is 30.4 Å². The molecular formula is C15H22N2O2. The molecule has 0 aliphatic heterocycles. The molecule has 4 nitrogen and oxygen atoms in total. The largest absolute Gasteiger partial charge is 0.376 e. The van der Waals surface area contributed by atoms with Gasteiger partial charge in [0, 0.05) is 25.7 Å². The van der Waals surface area contributed by atoms with Crippen LogP contribution in [0.3, 0.4) is 0 Å². The highest BCUT2D eigenvalue weighted by Crippen LogP contribution is 2.14. The van der Waals surface area contributed by atoms with E-state index >= 15 is 0 Å². The van der Waals surface area contributed by atoms with E-state index in [4.69, 9.17) is 4.74 Å². The van der Waals surface area contributed by atoms with Crippen LogP contribution >= 0.6 is 0 Å².